The van der Waals surface area contributed by atoms with Crippen LogP contribution >= 0.6 is 15.9 Å². The van der Waals surface area contributed by atoms with E-state index in [9.17, 15) is 0 Å². The second-order valence-corrected chi connectivity index (χ2v) is 6.85. The third-order valence-electron chi connectivity index (χ3n) is 4.33. The van der Waals surface area contributed by atoms with E-state index < -0.39 is 0 Å². The summed E-state index contributed by atoms with van der Waals surface area (Å²) in [5.41, 5.74) is 8.18. The molecule has 112 valence electrons. The van der Waals surface area contributed by atoms with Crippen LogP contribution in [0, 0.1) is 12.8 Å². The zero-order valence-electron chi connectivity index (χ0n) is 12.6. The highest BCUT2D eigenvalue weighted by atomic mass is 79.9. The Morgan fingerprint density at radius 1 is 1.35 bits per heavy atom. The fourth-order valence-electron chi connectivity index (χ4n) is 3.20. The van der Waals surface area contributed by atoms with E-state index in [1.807, 2.05) is 0 Å². The van der Waals surface area contributed by atoms with E-state index in [1.54, 1.807) is 0 Å². The summed E-state index contributed by atoms with van der Waals surface area (Å²) in [6, 6.07) is 4.28. The summed E-state index contributed by atoms with van der Waals surface area (Å²) in [6.07, 6.45) is 7.58. The van der Waals surface area contributed by atoms with Gasteiger partial charge in [-0.2, -0.15) is 0 Å². The van der Waals surface area contributed by atoms with Gasteiger partial charge >= 0.3 is 0 Å². The van der Waals surface area contributed by atoms with Crippen molar-refractivity contribution >= 4 is 15.9 Å². The Bertz CT molecular complexity index is 447. The molecule has 0 radical (unpaired) electrons. The summed E-state index contributed by atoms with van der Waals surface area (Å²) in [7, 11) is 0. The molecule has 1 saturated carbocycles. The molecule has 2 nitrogen and oxygen atoms in total. The topological polar surface area (TPSA) is 35.2 Å². The van der Waals surface area contributed by atoms with E-state index in [2.05, 4.69) is 41.9 Å². The van der Waals surface area contributed by atoms with Crippen molar-refractivity contribution in [3.05, 3.63) is 27.7 Å². The van der Waals surface area contributed by atoms with Gasteiger partial charge in [-0.1, -0.05) is 35.7 Å². The smallest absolute Gasteiger partial charge is 0.125 e. The molecule has 2 atom stereocenters. The molecule has 0 bridgehead atoms. The molecule has 1 aromatic carbocycles. The van der Waals surface area contributed by atoms with Gasteiger partial charge < -0.3 is 10.5 Å². The molecule has 1 fully saturated rings. The van der Waals surface area contributed by atoms with Crippen LogP contribution in [-0.2, 0) is 6.42 Å². The summed E-state index contributed by atoms with van der Waals surface area (Å²) < 4.78 is 7.49. The number of nitrogens with two attached hydrogens (primary N) is 1. The largest absolute Gasteiger partial charge is 0.490 e. The van der Waals surface area contributed by atoms with E-state index in [4.69, 9.17) is 10.5 Å². The lowest BCUT2D eigenvalue weighted by Crippen LogP contribution is -2.26. The normalized spacial score (nSPS) is 22.8. The molecular formula is C17H26BrNO. The van der Waals surface area contributed by atoms with Crippen LogP contribution in [0.1, 0.15) is 50.2 Å². The van der Waals surface area contributed by atoms with Gasteiger partial charge in [0.25, 0.3) is 0 Å². The summed E-state index contributed by atoms with van der Waals surface area (Å²) in [5, 5.41) is 0. The lowest BCUT2D eigenvalue weighted by molar-refractivity contribution is 0.120. The minimum atomic E-state index is 0.380. The Morgan fingerprint density at radius 2 is 2.15 bits per heavy atom. The highest BCUT2D eigenvalue weighted by molar-refractivity contribution is 9.10. The Kier molecular flexibility index (Phi) is 5.91. The van der Waals surface area contributed by atoms with Gasteiger partial charge in [-0.25, -0.2) is 0 Å². The second-order valence-electron chi connectivity index (χ2n) is 5.93. The molecule has 2 rings (SSSR count). The Morgan fingerprint density at radius 3 is 2.85 bits per heavy atom. The molecule has 1 aromatic rings. The van der Waals surface area contributed by atoms with Crippen LogP contribution in [0.4, 0.5) is 0 Å². The van der Waals surface area contributed by atoms with Gasteiger partial charge in [0.2, 0.25) is 0 Å². The first-order valence-corrected chi connectivity index (χ1v) is 8.59. The van der Waals surface area contributed by atoms with Gasteiger partial charge in [-0.05, 0) is 68.3 Å². The highest BCUT2D eigenvalue weighted by Gasteiger charge is 2.23. The van der Waals surface area contributed by atoms with Crippen molar-refractivity contribution in [2.75, 3.05) is 6.54 Å². The monoisotopic (exact) mass is 339 g/mol. The number of benzene rings is 1. The molecule has 20 heavy (non-hydrogen) atoms. The minimum Gasteiger partial charge on any atom is -0.490 e. The van der Waals surface area contributed by atoms with E-state index in [0.717, 1.165) is 22.6 Å². The molecule has 2 N–H and O–H groups in total. The average molecular weight is 340 g/mol. The standard InChI is InChI=1S/C17H26BrNO/c1-3-13-5-4-6-16(10-13)20-17-12(2)9-15(18)11-14(17)7-8-19/h9,11,13,16H,3-8,10,19H2,1-2H3. The molecular weight excluding hydrogens is 314 g/mol. The van der Waals surface area contributed by atoms with Crippen molar-refractivity contribution in [3.63, 3.8) is 0 Å². The molecule has 0 amide bonds. The Balaban J connectivity index is 2.15. The number of aryl methyl sites for hydroxylation is 1. The predicted molar refractivity (Wildman–Crippen MR) is 88.3 cm³/mol. The molecule has 3 heteroatoms. The maximum Gasteiger partial charge on any atom is 0.125 e. The van der Waals surface area contributed by atoms with E-state index in [1.165, 1.54) is 43.2 Å². The molecule has 1 aliphatic rings. The molecule has 0 aliphatic heterocycles. The number of halogens is 1. The average Bonchev–Trinajstić information content (AvgIpc) is 2.43. The quantitative estimate of drug-likeness (QED) is 0.850. The van der Waals surface area contributed by atoms with Crippen LogP contribution in [0.5, 0.6) is 5.75 Å². The number of ether oxygens (including phenoxy) is 1. The van der Waals surface area contributed by atoms with Crippen LogP contribution in [0.2, 0.25) is 0 Å². The number of hydrogen-bond donors (Lipinski definition) is 1. The van der Waals surface area contributed by atoms with Gasteiger partial charge in [-0.3, -0.25) is 0 Å². The maximum absolute atomic E-state index is 6.38. The van der Waals surface area contributed by atoms with Crippen LogP contribution in [-0.4, -0.2) is 12.6 Å². The first kappa shape index (κ1) is 15.8. The zero-order chi connectivity index (χ0) is 14.5. The molecule has 1 aliphatic carbocycles. The lowest BCUT2D eigenvalue weighted by Gasteiger charge is -2.30. The first-order valence-electron chi connectivity index (χ1n) is 7.79. The summed E-state index contributed by atoms with van der Waals surface area (Å²) in [4.78, 5) is 0. The molecule has 0 heterocycles. The van der Waals surface area contributed by atoms with Crippen molar-refractivity contribution in [2.24, 2.45) is 11.7 Å². The van der Waals surface area contributed by atoms with Crippen LogP contribution in [0.3, 0.4) is 0 Å². The van der Waals surface area contributed by atoms with Gasteiger partial charge in [0.05, 0.1) is 6.10 Å². The maximum atomic E-state index is 6.38. The summed E-state index contributed by atoms with van der Waals surface area (Å²) >= 11 is 3.57. The Hall–Kier alpha value is -0.540. The zero-order valence-corrected chi connectivity index (χ0v) is 14.2. The fourth-order valence-corrected chi connectivity index (χ4v) is 3.82. The van der Waals surface area contributed by atoms with Gasteiger partial charge in [0.15, 0.2) is 0 Å². The van der Waals surface area contributed by atoms with Gasteiger partial charge in [-0.15, -0.1) is 0 Å². The predicted octanol–water partition coefficient (Wildman–Crippen LogP) is 4.61. The van der Waals surface area contributed by atoms with Crippen LogP contribution in [0.15, 0.2) is 16.6 Å². The van der Waals surface area contributed by atoms with Crippen molar-refractivity contribution in [1.29, 1.82) is 0 Å². The summed E-state index contributed by atoms with van der Waals surface area (Å²) in [5.74, 6) is 1.91. The third-order valence-corrected chi connectivity index (χ3v) is 4.78. The minimum absolute atomic E-state index is 0.380. The van der Waals surface area contributed by atoms with Crippen LogP contribution in [0.25, 0.3) is 0 Å². The van der Waals surface area contributed by atoms with Crippen LogP contribution < -0.4 is 10.5 Å². The Labute approximate surface area is 131 Å². The van der Waals surface area contributed by atoms with Crippen molar-refractivity contribution in [2.45, 2.75) is 58.5 Å². The van der Waals surface area contributed by atoms with Crippen molar-refractivity contribution < 1.29 is 4.74 Å². The number of rotatable bonds is 5. The van der Waals surface area contributed by atoms with Gasteiger partial charge in [0.1, 0.15) is 5.75 Å². The van der Waals surface area contributed by atoms with Crippen molar-refractivity contribution in [3.8, 4) is 5.75 Å². The number of hydrogen-bond acceptors (Lipinski definition) is 2. The molecule has 2 unspecified atom stereocenters. The van der Waals surface area contributed by atoms with Crippen molar-refractivity contribution in [1.82, 2.24) is 0 Å². The summed E-state index contributed by atoms with van der Waals surface area (Å²) in [6.45, 7) is 5.08. The molecule has 0 spiro atoms. The molecule has 0 aromatic heterocycles. The lowest BCUT2D eigenvalue weighted by atomic mass is 9.85. The highest BCUT2D eigenvalue weighted by Crippen LogP contribution is 2.34. The van der Waals surface area contributed by atoms with E-state index in [0.29, 0.717) is 12.6 Å². The second kappa shape index (κ2) is 7.46. The van der Waals surface area contributed by atoms with E-state index in [-0.39, 0.29) is 0 Å². The SMILES string of the molecule is CCC1CCCC(Oc2c(C)cc(Br)cc2CCN)C1. The van der Waals surface area contributed by atoms with Gasteiger partial charge in [0, 0.05) is 4.47 Å². The third kappa shape index (κ3) is 3.98. The molecule has 0 saturated heterocycles. The van der Waals surface area contributed by atoms with E-state index >= 15 is 0 Å². The first-order chi connectivity index (χ1) is 9.63. The fraction of sp³-hybridized carbons (Fsp3) is 0.647.